The van der Waals surface area contributed by atoms with Gasteiger partial charge in [-0.25, -0.2) is 4.68 Å². The van der Waals surface area contributed by atoms with E-state index in [9.17, 15) is 9.59 Å². The minimum absolute atomic E-state index is 0.0618. The summed E-state index contributed by atoms with van der Waals surface area (Å²) >= 11 is 0. The van der Waals surface area contributed by atoms with Gasteiger partial charge in [0.1, 0.15) is 18.1 Å². The van der Waals surface area contributed by atoms with E-state index in [4.69, 9.17) is 9.84 Å². The minimum atomic E-state index is -0.278. The van der Waals surface area contributed by atoms with Crippen molar-refractivity contribution in [1.29, 1.82) is 0 Å². The number of aryl methyl sites for hydroxylation is 1. The molecule has 180 valence electrons. The van der Waals surface area contributed by atoms with Crippen molar-refractivity contribution in [1.82, 2.24) is 14.7 Å². The lowest BCUT2D eigenvalue weighted by atomic mass is 9.92. The zero-order chi connectivity index (χ0) is 24.9. The summed E-state index contributed by atoms with van der Waals surface area (Å²) in [4.78, 5) is 27.8. The monoisotopic (exact) mass is 462 g/mol. The average Bonchev–Trinajstić information content (AvgIpc) is 3.22. The van der Waals surface area contributed by atoms with Gasteiger partial charge in [0.2, 0.25) is 5.91 Å². The molecule has 34 heavy (non-hydrogen) atoms. The van der Waals surface area contributed by atoms with Gasteiger partial charge in [-0.1, -0.05) is 52.0 Å². The van der Waals surface area contributed by atoms with Crippen LogP contribution in [-0.2, 0) is 10.2 Å². The van der Waals surface area contributed by atoms with Gasteiger partial charge < -0.3 is 15.0 Å². The number of ether oxygens (including phenoxy) is 1. The molecule has 0 unspecified atom stereocenters. The molecule has 2 aromatic carbocycles. The summed E-state index contributed by atoms with van der Waals surface area (Å²) in [5.41, 5.74) is 3.10. The lowest BCUT2D eigenvalue weighted by molar-refractivity contribution is -0.116. The third kappa shape index (κ3) is 5.84. The third-order valence-electron chi connectivity index (χ3n) is 5.52. The summed E-state index contributed by atoms with van der Waals surface area (Å²) in [6.45, 7) is 10.6. The Labute approximate surface area is 201 Å². The molecule has 1 heterocycles. The number of hydrogen-bond acceptors (Lipinski definition) is 4. The summed E-state index contributed by atoms with van der Waals surface area (Å²) < 4.78 is 7.01. The van der Waals surface area contributed by atoms with Gasteiger partial charge in [0, 0.05) is 23.6 Å². The number of rotatable bonds is 8. The third-order valence-corrected chi connectivity index (χ3v) is 5.52. The number of anilines is 1. The van der Waals surface area contributed by atoms with Gasteiger partial charge >= 0.3 is 0 Å². The molecule has 2 amide bonds. The summed E-state index contributed by atoms with van der Waals surface area (Å²) in [5.74, 6) is 0.691. The molecule has 7 heteroatoms. The summed E-state index contributed by atoms with van der Waals surface area (Å²) in [6, 6.07) is 16.8. The van der Waals surface area contributed by atoms with E-state index in [1.54, 1.807) is 41.0 Å². The number of para-hydroxylation sites is 1. The quantitative estimate of drug-likeness (QED) is 0.512. The molecule has 0 aliphatic heterocycles. The van der Waals surface area contributed by atoms with Crippen molar-refractivity contribution in [3.63, 3.8) is 0 Å². The van der Waals surface area contributed by atoms with Gasteiger partial charge in [-0.2, -0.15) is 5.10 Å². The normalized spacial score (nSPS) is 11.2. The van der Waals surface area contributed by atoms with E-state index in [2.05, 4.69) is 26.1 Å². The molecule has 0 atom stereocenters. The standard InChI is InChI=1S/C27H34N4O3/c1-7-15-30(26(33)20-12-10-13-21(16-20)34-6)18-25(32)28-24-17-23(27(3,4)5)29-31(24)22-14-9-8-11-19(22)2/h8-14,16-17H,7,15,18H2,1-6H3,(H,28,32). The highest BCUT2D eigenvalue weighted by atomic mass is 16.5. The fourth-order valence-corrected chi connectivity index (χ4v) is 3.64. The number of aromatic nitrogens is 2. The zero-order valence-electron chi connectivity index (χ0n) is 20.9. The summed E-state index contributed by atoms with van der Waals surface area (Å²) in [6.07, 6.45) is 0.734. The molecule has 0 spiro atoms. The van der Waals surface area contributed by atoms with Crippen molar-refractivity contribution in [2.45, 2.75) is 46.5 Å². The number of benzene rings is 2. The van der Waals surface area contributed by atoms with Crippen LogP contribution in [-0.4, -0.2) is 46.7 Å². The van der Waals surface area contributed by atoms with E-state index in [1.807, 2.05) is 44.2 Å². The first kappa shape index (κ1) is 25.0. The van der Waals surface area contributed by atoms with Gasteiger partial charge in [-0.05, 0) is 43.2 Å². The molecule has 3 aromatic rings. The number of amides is 2. The summed E-state index contributed by atoms with van der Waals surface area (Å²) in [5, 5.41) is 7.78. The van der Waals surface area contributed by atoms with Gasteiger partial charge in [-0.15, -0.1) is 0 Å². The lowest BCUT2D eigenvalue weighted by Crippen LogP contribution is -2.38. The maximum absolute atomic E-state index is 13.1. The molecule has 0 fully saturated rings. The van der Waals surface area contributed by atoms with Crippen LogP contribution in [0.1, 0.15) is 55.7 Å². The Kier molecular flexibility index (Phi) is 7.76. The van der Waals surface area contributed by atoms with Gasteiger partial charge in [-0.3, -0.25) is 9.59 Å². The molecule has 0 saturated carbocycles. The smallest absolute Gasteiger partial charge is 0.254 e. The number of carbonyl (C=O) groups is 2. The number of nitrogens with one attached hydrogen (secondary N) is 1. The molecular weight excluding hydrogens is 428 g/mol. The molecule has 0 saturated heterocycles. The van der Waals surface area contributed by atoms with Crippen LogP contribution in [0, 0.1) is 6.92 Å². The Balaban J connectivity index is 1.86. The fourth-order valence-electron chi connectivity index (χ4n) is 3.64. The second kappa shape index (κ2) is 10.5. The molecule has 1 aromatic heterocycles. The minimum Gasteiger partial charge on any atom is -0.497 e. The number of nitrogens with zero attached hydrogens (tertiary/aromatic N) is 3. The molecular formula is C27H34N4O3. The van der Waals surface area contributed by atoms with Crippen molar-refractivity contribution in [3.8, 4) is 11.4 Å². The van der Waals surface area contributed by atoms with Crippen LogP contribution in [0.5, 0.6) is 5.75 Å². The Hall–Kier alpha value is -3.61. The largest absolute Gasteiger partial charge is 0.497 e. The lowest BCUT2D eigenvalue weighted by Gasteiger charge is -2.22. The Morgan fingerprint density at radius 3 is 2.47 bits per heavy atom. The van der Waals surface area contributed by atoms with Crippen LogP contribution < -0.4 is 10.1 Å². The maximum atomic E-state index is 13.1. The Morgan fingerprint density at radius 1 is 1.09 bits per heavy atom. The molecule has 1 N–H and O–H groups in total. The highest BCUT2D eigenvalue weighted by Crippen LogP contribution is 2.27. The van der Waals surface area contributed by atoms with Crippen LogP contribution in [0.2, 0.25) is 0 Å². The fraction of sp³-hybridized carbons (Fsp3) is 0.370. The molecule has 0 bridgehead atoms. The van der Waals surface area contributed by atoms with E-state index in [1.165, 1.54) is 0 Å². The predicted octanol–water partition coefficient (Wildman–Crippen LogP) is 4.98. The molecule has 3 rings (SSSR count). The van der Waals surface area contributed by atoms with Crippen LogP contribution in [0.15, 0.2) is 54.6 Å². The van der Waals surface area contributed by atoms with Gasteiger partial charge in [0.25, 0.3) is 5.91 Å². The zero-order valence-corrected chi connectivity index (χ0v) is 20.9. The molecule has 0 aliphatic rings. The first-order valence-corrected chi connectivity index (χ1v) is 11.5. The Morgan fingerprint density at radius 2 is 1.82 bits per heavy atom. The second-order valence-electron chi connectivity index (χ2n) is 9.37. The summed E-state index contributed by atoms with van der Waals surface area (Å²) in [7, 11) is 1.56. The predicted molar refractivity (Wildman–Crippen MR) is 135 cm³/mol. The van der Waals surface area contributed by atoms with Crippen molar-refractivity contribution < 1.29 is 14.3 Å². The van der Waals surface area contributed by atoms with Crippen molar-refractivity contribution in [3.05, 3.63) is 71.4 Å². The highest BCUT2D eigenvalue weighted by Gasteiger charge is 2.24. The first-order chi connectivity index (χ1) is 16.1. The van der Waals surface area contributed by atoms with E-state index < -0.39 is 0 Å². The Bertz CT molecular complexity index is 1160. The van der Waals surface area contributed by atoms with Gasteiger partial charge in [0.05, 0.1) is 18.5 Å². The van der Waals surface area contributed by atoms with Gasteiger partial charge in [0.15, 0.2) is 0 Å². The van der Waals surface area contributed by atoms with E-state index in [-0.39, 0.29) is 23.8 Å². The first-order valence-electron chi connectivity index (χ1n) is 11.5. The van der Waals surface area contributed by atoms with Crippen molar-refractivity contribution in [2.24, 2.45) is 0 Å². The second-order valence-corrected chi connectivity index (χ2v) is 9.37. The van der Waals surface area contributed by atoms with Crippen molar-refractivity contribution >= 4 is 17.6 Å². The van der Waals surface area contributed by atoms with Crippen LogP contribution in [0.25, 0.3) is 5.69 Å². The number of methoxy groups -OCH3 is 1. The number of carbonyl (C=O) groups excluding carboxylic acids is 2. The number of hydrogen-bond donors (Lipinski definition) is 1. The van der Waals surface area contributed by atoms with Crippen LogP contribution in [0.3, 0.4) is 0 Å². The maximum Gasteiger partial charge on any atom is 0.254 e. The van der Waals surface area contributed by atoms with Crippen LogP contribution >= 0.6 is 0 Å². The van der Waals surface area contributed by atoms with E-state index in [0.29, 0.717) is 23.7 Å². The molecule has 0 radical (unpaired) electrons. The SMILES string of the molecule is CCCN(CC(=O)Nc1cc(C(C)(C)C)nn1-c1ccccc1C)C(=O)c1cccc(OC)c1. The van der Waals surface area contributed by atoms with E-state index in [0.717, 1.165) is 23.4 Å². The molecule has 7 nitrogen and oxygen atoms in total. The topological polar surface area (TPSA) is 76.5 Å². The average molecular weight is 463 g/mol. The van der Waals surface area contributed by atoms with Crippen molar-refractivity contribution in [2.75, 3.05) is 25.5 Å². The van der Waals surface area contributed by atoms with Crippen LogP contribution in [0.4, 0.5) is 5.82 Å². The van der Waals surface area contributed by atoms with E-state index >= 15 is 0 Å². The molecule has 0 aliphatic carbocycles. The highest BCUT2D eigenvalue weighted by molar-refractivity contribution is 5.99.